The lowest BCUT2D eigenvalue weighted by Gasteiger charge is -2.06. The first-order chi connectivity index (χ1) is 8.27. The van der Waals surface area contributed by atoms with Gasteiger partial charge in [0.2, 0.25) is 0 Å². The highest BCUT2D eigenvalue weighted by molar-refractivity contribution is 5.93. The van der Waals surface area contributed by atoms with Crippen LogP contribution < -0.4 is 15.8 Å². The molecular weight excluding hydrogens is 220 g/mol. The second kappa shape index (κ2) is 7.65. The zero-order valence-electron chi connectivity index (χ0n) is 9.90. The molecule has 0 aliphatic heterocycles. The Morgan fingerprint density at radius 3 is 2.59 bits per heavy atom. The molecule has 0 unspecified atom stereocenters. The summed E-state index contributed by atoms with van der Waals surface area (Å²) in [6, 6.07) is 6.75. The molecule has 0 saturated heterocycles. The van der Waals surface area contributed by atoms with Crippen LogP contribution in [-0.2, 0) is 0 Å². The van der Waals surface area contributed by atoms with Gasteiger partial charge in [-0.1, -0.05) is 19.8 Å². The molecule has 3 N–H and O–H groups in total. The van der Waals surface area contributed by atoms with E-state index in [1.54, 1.807) is 29.9 Å². The van der Waals surface area contributed by atoms with E-state index in [1.807, 2.05) is 0 Å². The van der Waals surface area contributed by atoms with Gasteiger partial charge in [0.1, 0.15) is 5.75 Å². The Bertz CT molecular complexity index is 338. The summed E-state index contributed by atoms with van der Waals surface area (Å²) in [4.78, 5) is 11.3. The van der Waals surface area contributed by atoms with E-state index >= 15 is 0 Å². The maximum atomic E-state index is 11.3. The van der Waals surface area contributed by atoms with Gasteiger partial charge in [-0.2, -0.15) is 0 Å². The van der Waals surface area contributed by atoms with Gasteiger partial charge in [-0.15, -0.1) is 5.59 Å². The van der Waals surface area contributed by atoms with Crippen molar-refractivity contribution in [3.8, 4) is 5.75 Å². The fraction of sp³-hybridized carbons (Fsp3) is 0.417. The highest BCUT2D eigenvalue weighted by Gasteiger charge is 2.03. The van der Waals surface area contributed by atoms with Crippen LogP contribution in [0.4, 0.5) is 0 Å². The molecule has 1 aromatic carbocycles. The number of benzene rings is 1. The summed E-state index contributed by atoms with van der Waals surface area (Å²) in [5.74, 6) is 0.347. The first-order valence-corrected chi connectivity index (χ1v) is 5.70. The Balaban J connectivity index is 2.42. The van der Waals surface area contributed by atoms with Crippen LogP contribution in [0.3, 0.4) is 0 Å². The maximum Gasteiger partial charge on any atom is 0.267 e. The van der Waals surface area contributed by atoms with Crippen molar-refractivity contribution in [3.63, 3.8) is 0 Å². The van der Waals surface area contributed by atoms with Crippen LogP contribution in [0.25, 0.3) is 0 Å². The lowest BCUT2D eigenvalue weighted by atomic mass is 10.2. The number of hydrazine groups is 1. The van der Waals surface area contributed by atoms with Crippen molar-refractivity contribution in [2.24, 2.45) is 0 Å². The molecule has 0 saturated carbocycles. The van der Waals surface area contributed by atoms with Crippen molar-refractivity contribution in [1.82, 2.24) is 11.0 Å². The summed E-state index contributed by atoms with van der Waals surface area (Å²) >= 11 is 0. The Morgan fingerprint density at radius 1 is 1.29 bits per heavy atom. The Labute approximate surface area is 101 Å². The van der Waals surface area contributed by atoms with Crippen LogP contribution in [0.5, 0.6) is 5.75 Å². The number of unbranched alkanes of at least 4 members (excludes halogenated alkanes) is 2. The lowest BCUT2D eigenvalue weighted by Crippen LogP contribution is -2.34. The van der Waals surface area contributed by atoms with Gasteiger partial charge in [0.25, 0.3) is 5.91 Å². The van der Waals surface area contributed by atoms with E-state index in [0.29, 0.717) is 12.2 Å². The highest BCUT2D eigenvalue weighted by Crippen LogP contribution is 2.12. The molecule has 0 aliphatic rings. The molecule has 0 aliphatic carbocycles. The fourth-order valence-electron chi connectivity index (χ4n) is 1.37. The lowest BCUT2D eigenvalue weighted by molar-refractivity contribution is 0.0731. The number of amides is 1. The van der Waals surface area contributed by atoms with Crippen LogP contribution in [0, 0.1) is 0 Å². The minimum Gasteiger partial charge on any atom is -0.494 e. The molecule has 1 rings (SSSR count). The Kier molecular flexibility index (Phi) is 6.06. The largest absolute Gasteiger partial charge is 0.494 e. The van der Waals surface area contributed by atoms with Gasteiger partial charge in [-0.05, 0) is 30.7 Å². The molecular formula is C12H18N2O3. The zero-order valence-corrected chi connectivity index (χ0v) is 9.90. The SMILES string of the molecule is CCCCCOc1ccc(C(=O)NNO)cc1. The smallest absolute Gasteiger partial charge is 0.267 e. The molecule has 0 aromatic heterocycles. The van der Waals surface area contributed by atoms with Crippen molar-refractivity contribution < 1.29 is 14.7 Å². The van der Waals surface area contributed by atoms with Crippen molar-refractivity contribution in [2.75, 3.05) is 6.61 Å². The van der Waals surface area contributed by atoms with Crippen LogP contribution >= 0.6 is 0 Å². The average molecular weight is 238 g/mol. The average Bonchev–Trinajstić information content (AvgIpc) is 2.36. The summed E-state index contributed by atoms with van der Waals surface area (Å²) in [6.07, 6.45) is 3.35. The van der Waals surface area contributed by atoms with E-state index < -0.39 is 5.91 Å². The molecule has 1 amide bonds. The van der Waals surface area contributed by atoms with Crippen molar-refractivity contribution in [1.29, 1.82) is 0 Å². The topological polar surface area (TPSA) is 70.6 Å². The molecule has 1 aromatic rings. The number of rotatable bonds is 7. The van der Waals surface area contributed by atoms with E-state index in [0.717, 1.165) is 25.0 Å². The molecule has 94 valence electrons. The second-order valence-corrected chi connectivity index (χ2v) is 3.65. The van der Waals surface area contributed by atoms with Gasteiger partial charge < -0.3 is 4.74 Å². The normalized spacial score (nSPS) is 10.0. The van der Waals surface area contributed by atoms with Gasteiger partial charge in [-0.3, -0.25) is 15.4 Å². The quantitative estimate of drug-likeness (QED) is 0.501. The molecule has 0 heterocycles. The number of ether oxygens (including phenoxy) is 1. The second-order valence-electron chi connectivity index (χ2n) is 3.65. The zero-order chi connectivity index (χ0) is 12.5. The van der Waals surface area contributed by atoms with Crippen LogP contribution in [0.1, 0.15) is 36.5 Å². The molecule has 0 bridgehead atoms. The fourth-order valence-corrected chi connectivity index (χ4v) is 1.37. The third-order valence-electron chi connectivity index (χ3n) is 2.30. The first-order valence-electron chi connectivity index (χ1n) is 5.70. The van der Waals surface area contributed by atoms with Gasteiger partial charge in [0, 0.05) is 5.56 Å². The Hall–Kier alpha value is -1.59. The number of carbonyl (C=O) groups is 1. The summed E-state index contributed by atoms with van der Waals surface area (Å²) in [6.45, 7) is 2.83. The van der Waals surface area contributed by atoms with E-state index in [2.05, 4.69) is 12.3 Å². The van der Waals surface area contributed by atoms with Gasteiger partial charge in [-0.25, -0.2) is 0 Å². The molecule has 0 spiro atoms. The first kappa shape index (κ1) is 13.5. The molecule has 5 heteroatoms. The minimum atomic E-state index is -0.398. The van der Waals surface area contributed by atoms with E-state index in [9.17, 15) is 4.79 Å². The minimum absolute atomic E-state index is 0.398. The summed E-state index contributed by atoms with van der Waals surface area (Å²) in [5.41, 5.74) is 4.12. The van der Waals surface area contributed by atoms with E-state index in [-0.39, 0.29) is 0 Å². The van der Waals surface area contributed by atoms with Gasteiger partial charge >= 0.3 is 0 Å². The van der Waals surface area contributed by atoms with Gasteiger partial charge in [0.05, 0.1) is 6.61 Å². The molecule has 0 atom stereocenters. The predicted molar refractivity (Wildman–Crippen MR) is 63.9 cm³/mol. The monoisotopic (exact) mass is 238 g/mol. The summed E-state index contributed by atoms with van der Waals surface area (Å²) < 4.78 is 5.51. The number of hydrogen-bond acceptors (Lipinski definition) is 4. The molecule has 0 radical (unpaired) electrons. The molecule has 17 heavy (non-hydrogen) atoms. The maximum absolute atomic E-state index is 11.3. The highest BCUT2D eigenvalue weighted by atomic mass is 16.5. The number of carbonyl (C=O) groups excluding carboxylic acids is 1. The standard InChI is InChI=1S/C12H18N2O3/c1-2-3-4-9-17-11-7-5-10(6-8-11)12(15)13-14-16/h5-8,14,16H,2-4,9H2,1H3,(H,13,15). The molecule has 5 nitrogen and oxygen atoms in total. The van der Waals surface area contributed by atoms with Crippen molar-refractivity contribution in [3.05, 3.63) is 29.8 Å². The van der Waals surface area contributed by atoms with E-state index in [4.69, 9.17) is 9.94 Å². The van der Waals surface area contributed by atoms with Crippen molar-refractivity contribution >= 4 is 5.91 Å². The summed E-state index contributed by atoms with van der Waals surface area (Å²) in [7, 11) is 0. The third kappa shape index (κ3) is 4.84. The van der Waals surface area contributed by atoms with Crippen LogP contribution in [0.15, 0.2) is 24.3 Å². The number of nitrogens with one attached hydrogen (secondary N) is 2. The number of hydrogen-bond donors (Lipinski definition) is 3. The van der Waals surface area contributed by atoms with Crippen LogP contribution in [-0.4, -0.2) is 17.7 Å². The van der Waals surface area contributed by atoms with Crippen LogP contribution in [0.2, 0.25) is 0 Å². The van der Waals surface area contributed by atoms with Gasteiger partial charge in [0.15, 0.2) is 0 Å². The third-order valence-corrected chi connectivity index (χ3v) is 2.30. The predicted octanol–water partition coefficient (Wildman–Crippen LogP) is 1.88. The summed E-state index contributed by atoms with van der Waals surface area (Å²) in [5, 5.41) is 8.31. The van der Waals surface area contributed by atoms with E-state index in [1.165, 1.54) is 0 Å². The van der Waals surface area contributed by atoms with Crippen molar-refractivity contribution in [2.45, 2.75) is 26.2 Å². The molecule has 0 fully saturated rings. The Morgan fingerprint density at radius 2 is 2.00 bits per heavy atom.